The van der Waals surface area contributed by atoms with Crippen molar-refractivity contribution in [2.75, 3.05) is 68.0 Å². The van der Waals surface area contributed by atoms with Crippen molar-refractivity contribution in [3.8, 4) is 11.1 Å². The number of nitrogens with two attached hydrogens (primary N) is 1. The molecule has 4 bridgehead atoms. The minimum absolute atomic E-state index is 0.00245. The quantitative estimate of drug-likeness (QED) is 0.0145. The number of anilines is 5. The van der Waals surface area contributed by atoms with Crippen molar-refractivity contribution in [1.82, 2.24) is 50.8 Å². The van der Waals surface area contributed by atoms with Gasteiger partial charge in [-0.05, 0) is 174 Å². The van der Waals surface area contributed by atoms with E-state index in [-0.39, 0.29) is 72.4 Å². The zero-order chi connectivity index (χ0) is 69.2. The van der Waals surface area contributed by atoms with Crippen molar-refractivity contribution in [1.29, 1.82) is 0 Å². The summed E-state index contributed by atoms with van der Waals surface area (Å²) < 4.78 is 9.75. The van der Waals surface area contributed by atoms with E-state index in [1.165, 1.54) is 62.7 Å². The number of hydrogen-bond acceptors (Lipinski definition) is 17. The average Bonchev–Trinajstić information content (AvgIpc) is 0.896. The number of piperidine rings is 1. The van der Waals surface area contributed by atoms with E-state index in [1.807, 2.05) is 66.6 Å². The summed E-state index contributed by atoms with van der Waals surface area (Å²) in [4.78, 5) is 102. The molecule has 13 rings (SSSR count). The van der Waals surface area contributed by atoms with Crippen LogP contribution in [0.2, 0.25) is 0 Å². The summed E-state index contributed by atoms with van der Waals surface area (Å²) in [6, 6.07) is 17.1. The number of primary amides is 1. The van der Waals surface area contributed by atoms with Gasteiger partial charge in [-0.1, -0.05) is 63.3 Å². The third kappa shape index (κ3) is 15.4. The molecule has 7 amide bonds. The SMILES string of the molecule is Cc1c(Nc2nc3ccccc3s2)nnc2c1CCCN2c1ccc(-c2cnn(CC34CC5(C)CC(C)(CC(CCC[N+]6(Cc7ccc(NC(=O)[C@H](CCCNC(N)=O)NC(=O)[C@@H](NC(=O)CCOCCN8C(=O)C=CC8=O)C(C)C)cc7)CCCCC6)(C5)C3)C4)c2C)c(C(=O)[O-])n1. The van der Waals surface area contributed by atoms with Crippen LogP contribution < -0.4 is 42.3 Å². The molecule has 4 atom stereocenters. The number of carboxylic acid groups (broad SMARTS) is 1. The second-order valence-corrected chi connectivity index (χ2v) is 31.0. The van der Waals surface area contributed by atoms with Gasteiger partial charge in [0.15, 0.2) is 16.8 Å². The highest BCUT2D eigenvalue weighted by atomic mass is 32.1. The van der Waals surface area contributed by atoms with Crippen LogP contribution in [0.4, 0.5) is 33.1 Å². The van der Waals surface area contributed by atoms with Crippen LogP contribution in [-0.2, 0) is 48.2 Å². The molecule has 24 nitrogen and oxygen atoms in total. The zero-order valence-electron chi connectivity index (χ0n) is 57.3. The second kappa shape index (κ2) is 28.6. The Morgan fingerprint density at radius 3 is 2.26 bits per heavy atom. The first-order valence-electron chi connectivity index (χ1n) is 34.9. The number of benzene rings is 2. The molecule has 7 N–H and O–H groups in total. The first kappa shape index (κ1) is 69.2. The molecule has 6 aromatic rings. The third-order valence-corrected chi connectivity index (χ3v) is 22.4. The lowest BCUT2D eigenvalue weighted by atomic mass is 9.35. The number of thiazole rings is 1. The average molecular weight is 1360 g/mol. The minimum atomic E-state index is -1.35. The summed E-state index contributed by atoms with van der Waals surface area (Å²) in [5, 5.41) is 42.8. The van der Waals surface area contributed by atoms with Crippen LogP contribution in [0.5, 0.6) is 0 Å². The molecule has 3 aliphatic heterocycles. The Kier molecular flexibility index (Phi) is 20.2. The molecule has 1 saturated heterocycles. The van der Waals surface area contributed by atoms with Gasteiger partial charge in [0.25, 0.3) is 11.8 Å². The molecule has 4 aromatic heterocycles. The van der Waals surface area contributed by atoms with Crippen LogP contribution in [0.15, 0.2) is 79.0 Å². The summed E-state index contributed by atoms with van der Waals surface area (Å²) in [5.41, 5.74) is 12.6. The largest absolute Gasteiger partial charge is 0.543 e. The number of aromatic nitrogens is 6. The number of rotatable bonds is 29. The van der Waals surface area contributed by atoms with Crippen LogP contribution >= 0.6 is 11.3 Å². The molecule has 0 radical (unpaired) electrons. The van der Waals surface area contributed by atoms with E-state index in [4.69, 9.17) is 30.6 Å². The molecule has 4 aliphatic carbocycles. The summed E-state index contributed by atoms with van der Waals surface area (Å²) in [6.45, 7) is 18.6. The van der Waals surface area contributed by atoms with Gasteiger partial charge in [-0.2, -0.15) is 5.10 Å². The lowest BCUT2D eigenvalue weighted by molar-refractivity contribution is -0.945. The van der Waals surface area contributed by atoms with Crippen LogP contribution in [0.25, 0.3) is 21.3 Å². The van der Waals surface area contributed by atoms with E-state index in [2.05, 4.69) is 69.3 Å². The Balaban J connectivity index is 0.677. The fourth-order valence-electron chi connectivity index (χ4n) is 18.4. The molecule has 7 aliphatic rings. The van der Waals surface area contributed by atoms with Crippen LogP contribution in [0, 0.1) is 41.4 Å². The van der Waals surface area contributed by atoms with Gasteiger partial charge in [-0.15, -0.1) is 10.2 Å². The number of nitrogens with one attached hydrogen (secondary N) is 5. The molecule has 7 heterocycles. The van der Waals surface area contributed by atoms with Crippen LogP contribution in [-0.4, -0.2) is 145 Å². The number of amides is 7. The summed E-state index contributed by atoms with van der Waals surface area (Å²) >= 11 is 1.56. The van der Waals surface area contributed by atoms with E-state index >= 15 is 0 Å². The van der Waals surface area contributed by atoms with Gasteiger partial charge in [-0.3, -0.25) is 33.6 Å². The van der Waals surface area contributed by atoms with Gasteiger partial charge >= 0.3 is 6.03 Å². The number of ether oxygens (including phenoxy) is 1. The smallest absolute Gasteiger partial charge is 0.312 e. The number of carbonyl (C=O) groups is 7. The number of carboxylic acids is 1. The highest BCUT2D eigenvalue weighted by molar-refractivity contribution is 7.22. The number of para-hydroxylation sites is 1. The molecule has 5 fully saturated rings. The number of fused-ring (bicyclic) bond motifs is 2. The number of pyridine rings is 1. The summed E-state index contributed by atoms with van der Waals surface area (Å²) in [5.74, 6) is -2.20. The summed E-state index contributed by atoms with van der Waals surface area (Å²) in [7, 11) is 0. The molecule has 25 heteroatoms. The monoisotopic (exact) mass is 1360 g/mol. The number of aromatic carboxylic acids is 1. The maximum absolute atomic E-state index is 14.1. The Morgan fingerprint density at radius 2 is 1.54 bits per heavy atom. The lowest BCUT2D eigenvalue weighted by Crippen LogP contribution is -2.61. The summed E-state index contributed by atoms with van der Waals surface area (Å²) in [6.07, 6.45) is 19.2. The molecular formula is C73H93N15O9S. The number of hydrogen-bond donors (Lipinski definition) is 6. The molecule has 2 unspecified atom stereocenters. The number of carbonyl (C=O) groups excluding carboxylic acids is 7. The van der Waals surface area contributed by atoms with Crippen LogP contribution in [0.3, 0.4) is 0 Å². The first-order chi connectivity index (χ1) is 46.9. The zero-order valence-corrected chi connectivity index (χ0v) is 58.1. The fourth-order valence-corrected chi connectivity index (χ4v) is 19.2. The van der Waals surface area contributed by atoms with Crippen molar-refractivity contribution < 1.29 is 47.9 Å². The molecule has 0 spiro atoms. The van der Waals surface area contributed by atoms with E-state index in [0.717, 1.165) is 118 Å². The van der Waals surface area contributed by atoms with Crippen molar-refractivity contribution in [3.63, 3.8) is 0 Å². The highest BCUT2D eigenvalue weighted by Crippen LogP contribution is 2.75. The Morgan fingerprint density at radius 1 is 0.806 bits per heavy atom. The second-order valence-electron chi connectivity index (χ2n) is 30.0. The van der Waals surface area contributed by atoms with Crippen molar-refractivity contribution in [2.24, 2.45) is 33.3 Å². The van der Waals surface area contributed by atoms with Crippen molar-refractivity contribution in [3.05, 3.63) is 107 Å². The minimum Gasteiger partial charge on any atom is -0.543 e. The van der Waals surface area contributed by atoms with Gasteiger partial charge in [0.2, 0.25) is 17.7 Å². The van der Waals surface area contributed by atoms with Crippen molar-refractivity contribution in [2.45, 2.75) is 169 Å². The van der Waals surface area contributed by atoms with Gasteiger partial charge in [0, 0.05) is 77.4 Å². The topological polar surface area (TPSA) is 314 Å². The first-order valence-corrected chi connectivity index (χ1v) is 35.7. The Bertz CT molecular complexity index is 3980. The van der Waals surface area contributed by atoms with E-state index in [9.17, 15) is 38.7 Å². The predicted molar refractivity (Wildman–Crippen MR) is 372 cm³/mol. The van der Waals surface area contributed by atoms with Gasteiger partial charge in [0.1, 0.15) is 24.4 Å². The maximum Gasteiger partial charge on any atom is 0.312 e. The van der Waals surface area contributed by atoms with Crippen molar-refractivity contribution >= 4 is 91.4 Å². The normalized spacial score (nSPS) is 22.8. The number of quaternary nitrogens is 1. The highest BCUT2D eigenvalue weighted by Gasteiger charge is 2.65. The number of likely N-dealkylation sites (tertiary alicyclic amines) is 1. The number of nitrogens with zero attached hydrogens (tertiary/aromatic N) is 9. The fraction of sp³-hybridized carbons (Fsp3) is 0.534. The van der Waals surface area contributed by atoms with E-state index < -0.39 is 53.6 Å². The maximum atomic E-state index is 14.1. The molecule has 4 saturated carbocycles. The Labute approximate surface area is 576 Å². The lowest BCUT2D eigenvalue weighted by Gasteiger charge is -2.70. The number of imide groups is 1. The third-order valence-electron chi connectivity index (χ3n) is 21.5. The van der Waals surface area contributed by atoms with Gasteiger partial charge in [-0.25, -0.2) is 14.8 Å². The molecule has 98 heavy (non-hydrogen) atoms. The molecule has 520 valence electrons. The Hall–Kier alpha value is -8.68. The molecule has 2 aromatic carbocycles. The number of urea groups is 1. The van der Waals surface area contributed by atoms with E-state index in [0.29, 0.717) is 41.7 Å². The predicted octanol–water partition coefficient (Wildman–Crippen LogP) is 8.85. The van der Waals surface area contributed by atoms with E-state index in [1.54, 1.807) is 25.2 Å². The van der Waals surface area contributed by atoms with Gasteiger partial charge in [0.05, 0.1) is 67.5 Å². The van der Waals surface area contributed by atoms with Gasteiger partial charge < -0.3 is 56.3 Å². The molecular weight excluding hydrogens is 1260 g/mol. The standard InChI is InChI=1S/C73H93N15O9S/c1-46(2)61(81-58(89)27-35-97-36-31-86-59(90)25-26-60(86)91)66(93)78-55(17-12-29-75-68(74)96)65(92)77-50-21-19-49(20-22-50)38-88(32-10-7-11-33-88)34-14-28-72-40-70(5)39-71(6,41-72)43-73(42-70,44-72)45-87-48(4)53(37-76-87)52-23-24-57(80-62(52)67(94)95)85-30-13-15-51-47(3)63(83-84-64(51)85)82-69-79-54-16-8-9-18-56(54)98-69/h8-9,16,18-26,37,46,55,61H,7,10-15,17,27-36,38-45H2,1-6H3,(H7-,74,75,77,78,79,81,82,83,89,92,93,94,95,96)/t55-,61-,70?,71?,72?,73?/m0/s1. The van der Waals surface area contributed by atoms with Crippen LogP contribution in [0.1, 0.15) is 157 Å².